The molecule has 0 radical (unpaired) electrons. The molecular formula is C16H33N3O. The second kappa shape index (κ2) is 9.35. The third kappa shape index (κ3) is 7.85. The Kier molecular flexibility index (Phi) is 8.15. The van der Waals surface area contributed by atoms with E-state index in [4.69, 9.17) is 0 Å². The summed E-state index contributed by atoms with van der Waals surface area (Å²) in [6.07, 6.45) is 3.15. The molecule has 0 saturated carbocycles. The Balaban J connectivity index is 2.08. The third-order valence-electron chi connectivity index (χ3n) is 3.80. The van der Waals surface area contributed by atoms with Gasteiger partial charge in [-0.15, -0.1) is 0 Å². The molecule has 0 aromatic heterocycles. The molecule has 0 aromatic rings. The number of piperidine rings is 1. The van der Waals surface area contributed by atoms with Crippen LogP contribution in [-0.4, -0.2) is 49.6 Å². The Bertz CT molecular complexity index is 271. The summed E-state index contributed by atoms with van der Waals surface area (Å²) in [4.78, 5) is 14.0. The highest BCUT2D eigenvalue weighted by molar-refractivity contribution is 5.76. The summed E-state index contributed by atoms with van der Waals surface area (Å²) in [5, 5.41) is 6.51. The molecule has 1 amide bonds. The molecule has 4 nitrogen and oxygen atoms in total. The summed E-state index contributed by atoms with van der Waals surface area (Å²) < 4.78 is 0. The van der Waals surface area contributed by atoms with Gasteiger partial charge in [-0.25, -0.2) is 0 Å². The van der Waals surface area contributed by atoms with Crippen LogP contribution < -0.4 is 10.6 Å². The van der Waals surface area contributed by atoms with Gasteiger partial charge in [0, 0.05) is 19.0 Å². The maximum atomic E-state index is 11.6. The Labute approximate surface area is 124 Å². The van der Waals surface area contributed by atoms with Crippen LogP contribution in [0.4, 0.5) is 0 Å². The van der Waals surface area contributed by atoms with Crippen molar-refractivity contribution in [1.82, 2.24) is 15.5 Å². The number of carbonyl (C=O) groups excluding carboxylic acids is 1. The van der Waals surface area contributed by atoms with Gasteiger partial charge in [-0.2, -0.15) is 0 Å². The van der Waals surface area contributed by atoms with Crippen LogP contribution in [0.25, 0.3) is 0 Å². The Morgan fingerprint density at radius 1 is 1.20 bits per heavy atom. The van der Waals surface area contributed by atoms with Crippen molar-refractivity contribution in [1.29, 1.82) is 0 Å². The smallest absolute Gasteiger partial charge is 0.221 e. The van der Waals surface area contributed by atoms with Gasteiger partial charge >= 0.3 is 0 Å². The maximum Gasteiger partial charge on any atom is 0.221 e. The average Bonchev–Trinajstić information content (AvgIpc) is 2.36. The predicted molar refractivity (Wildman–Crippen MR) is 84.8 cm³/mol. The Hall–Kier alpha value is -0.610. The minimum absolute atomic E-state index is 0.181. The van der Waals surface area contributed by atoms with Gasteiger partial charge < -0.3 is 15.5 Å². The van der Waals surface area contributed by atoms with Crippen LogP contribution in [0.2, 0.25) is 0 Å². The van der Waals surface area contributed by atoms with Crippen LogP contribution in [0.1, 0.15) is 47.0 Å². The largest absolute Gasteiger partial charge is 0.354 e. The highest BCUT2D eigenvalue weighted by Crippen LogP contribution is 2.16. The molecule has 1 rings (SSSR count). The molecule has 118 valence electrons. The van der Waals surface area contributed by atoms with Crippen molar-refractivity contribution in [3.8, 4) is 0 Å². The molecule has 0 atom stereocenters. The molecule has 1 fully saturated rings. The zero-order valence-electron chi connectivity index (χ0n) is 13.7. The van der Waals surface area contributed by atoms with Crippen molar-refractivity contribution in [2.45, 2.75) is 53.0 Å². The molecule has 1 heterocycles. The van der Waals surface area contributed by atoms with Gasteiger partial charge in [-0.05, 0) is 64.7 Å². The fraction of sp³-hybridized carbons (Fsp3) is 0.938. The first-order valence-electron chi connectivity index (χ1n) is 8.19. The van der Waals surface area contributed by atoms with Gasteiger partial charge in [0.25, 0.3) is 0 Å². The standard InChI is InChI=1S/C16H33N3O/c1-13(2)11-17-12-15-5-8-19(9-6-15)10-7-16(20)18-14(3)4/h13-15,17H,5-12H2,1-4H3,(H,18,20). The normalized spacial score (nSPS) is 17.9. The van der Waals surface area contributed by atoms with Gasteiger partial charge in [0.2, 0.25) is 5.91 Å². The van der Waals surface area contributed by atoms with Gasteiger partial charge in [0.05, 0.1) is 0 Å². The van der Waals surface area contributed by atoms with E-state index in [9.17, 15) is 4.79 Å². The van der Waals surface area contributed by atoms with E-state index in [-0.39, 0.29) is 11.9 Å². The minimum atomic E-state index is 0.181. The summed E-state index contributed by atoms with van der Waals surface area (Å²) in [6.45, 7) is 14.0. The van der Waals surface area contributed by atoms with E-state index < -0.39 is 0 Å². The SMILES string of the molecule is CC(C)CNCC1CCN(CCC(=O)NC(C)C)CC1. The number of nitrogens with zero attached hydrogens (tertiary/aromatic N) is 1. The van der Waals surface area contributed by atoms with E-state index in [1.165, 1.54) is 12.8 Å². The zero-order valence-corrected chi connectivity index (χ0v) is 13.7. The fourth-order valence-corrected chi connectivity index (χ4v) is 2.64. The highest BCUT2D eigenvalue weighted by Gasteiger charge is 2.19. The van der Waals surface area contributed by atoms with E-state index in [1.807, 2.05) is 13.8 Å². The lowest BCUT2D eigenvalue weighted by molar-refractivity contribution is -0.122. The van der Waals surface area contributed by atoms with Gasteiger partial charge in [0.15, 0.2) is 0 Å². The Morgan fingerprint density at radius 3 is 2.40 bits per heavy atom. The number of hydrogen-bond acceptors (Lipinski definition) is 3. The average molecular weight is 283 g/mol. The van der Waals surface area contributed by atoms with Crippen LogP contribution in [0.15, 0.2) is 0 Å². The van der Waals surface area contributed by atoms with Crippen molar-refractivity contribution in [2.75, 3.05) is 32.7 Å². The molecule has 20 heavy (non-hydrogen) atoms. The second-order valence-electron chi connectivity index (χ2n) is 6.81. The Morgan fingerprint density at radius 2 is 1.85 bits per heavy atom. The lowest BCUT2D eigenvalue weighted by atomic mass is 9.96. The molecule has 1 aliphatic rings. The van der Waals surface area contributed by atoms with Crippen molar-refractivity contribution < 1.29 is 4.79 Å². The lowest BCUT2D eigenvalue weighted by Crippen LogP contribution is -2.40. The molecule has 0 unspecified atom stereocenters. The molecule has 0 aliphatic carbocycles. The second-order valence-corrected chi connectivity index (χ2v) is 6.81. The van der Waals surface area contributed by atoms with Crippen molar-refractivity contribution in [3.05, 3.63) is 0 Å². The zero-order chi connectivity index (χ0) is 15.0. The molecule has 2 N–H and O–H groups in total. The van der Waals surface area contributed by atoms with Crippen LogP contribution >= 0.6 is 0 Å². The molecule has 1 aliphatic heterocycles. The molecule has 0 spiro atoms. The fourth-order valence-electron chi connectivity index (χ4n) is 2.64. The quantitative estimate of drug-likeness (QED) is 0.714. The number of nitrogens with one attached hydrogen (secondary N) is 2. The summed E-state index contributed by atoms with van der Waals surface area (Å²) in [7, 11) is 0. The van der Waals surface area contributed by atoms with Crippen molar-refractivity contribution in [3.63, 3.8) is 0 Å². The van der Waals surface area contributed by atoms with Crippen LogP contribution in [0.5, 0.6) is 0 Å². The summed E-state index contributed by atoms with van der Waals surface area (Å²) in [5.41, 5.74) is 0. The van der Waals surface area contributed by atoms with E-state index in [2.05, 4.69) is 29.4 Å². The van der Waals surface area contributed by atoms with Crippen LogP contribution in [0.3, 0.4) is 0 Å². The maximum absolute atomic E-state index is 11.6. The number of likely N-dealkylation sites (tertiary alicyclic amines) is 1. The van der Waals surface area contributed by atoms with Gasteiger partial charge in [-0.3, -0.25) is 4.79 Å². The van der Waals surface area contributed by atoms with E-state index in [1.54, 1.807) is 0 Å². The summed E-state index contributed by atoms with van der Waals surface area (Å²) in [5.74, 6) is 1.73. The molecular weight excluding hydrogens is 250 g/mol. The van der Waals surface area contributed by atoms with Crippen molar-refractivity contribution in [2.24, 2.45) is 11.8 Å². The van der Waals surface area contributed by atoms with Crippen LogP contribution in [-0.2, 0) is 4.79 Å². The lowest BCUT2D eigenvalue weighted by Gasteiger charge is -2.32. The van der Waals surface area contributed by atoms with E-state index in [0.29, 0.717) is 6.42 Å². The van der Waals surface area contributed by atoms with E-state index >= 15 is 0 Å². The predicted octanol–water partition coefficient (Wildman–Crippen LogP) is 1.86. The topological polar surface area (TPSA) is 44.4 Å². The van der Waals surface area contributed by atoms with Gasteiger partial charge in [0.1, 0.15) is 0 Å². The monoisotopic (exact) mass is 283 g/mol. The summed E-state index contributed by atoms with van der Waals surface area (Å²) in [6, 6.07) is 0.250. The van der Waals surface area contributed by atoms with Crippen molar-refractivity contribution >= 4 is 5.91 Å². The number of hydrogen-bond donors (Lipinski definition) is 2. The van der Waals surface area contributed by atoms with E-state index in [0.717, 1.165) is 44.6 Å². The number of carbonyl (C=O) groups is 1. The summed E-state index contributed by atoms with van der Waals surface area (Å²) >= 11 is 0. The third-order valence-corrected chi connectivity index (χ3v) is 3.80. The number of rotatable bonds is 8. The first kappa shape index (κ1) is 17.4. The highest BCUT2D eigenvalue weighted by atomic mass is 16.1. The molecule has 1 saturated heterocycles. The molecule has 4 heteroatoms. The van der Waals surface area contributed by atoms with Crippen LogP contribution in [0, 0.1) is 11.8 Å². The van der Waals surface area contributed by atoms with Gasteiger partial charge in [-0.1, -0.05) is 13.8 Å². The molecule has 0 aromatic carbocycles. The number of amides is 1. The minimum Gasteiger partial charge on any atom is -0.354 e. The first-order chi connectivity index (χ1) is 9.47. The first-order valence-corrected chi connectivity index (χ1v) is 8.19. The molecule has 0 bridgehead atoms.